The molecule has 0 radical (unpaired) electrons. The summed E-state index contributed by atoms with van der Waals surface area (Å²) in [4.78, 5) is 13.2. The molecule has 16 heavy (non-hydrogen) atoms. The van der Waals surface area contributed by atoms with Crippen molar-refractivity contribution in [1.82, 2.24) is 5.32 Å². The lowest BCUT2D eigenvalue weighted by molar-refractivity contribution is -0.125. The van der Waals surface area contributed by atoms with Gasteiger partial charge in [-0.15, -0.1) is 11.3 Å². The van der Waals surface area contributed by atoms with Gasteiger partial charge in [0, 0.05) is 23.3 Å². The van der Waals surface area contributed by atoms with Crippen LogP contribution in [0.4, 0.5) is 0 Å². The van der Waals surface area contributed by atoms with Crippen molar-refractivity contribution in [3.63, 3.8) is 0 Å². The van der Waals surface area contributed by atoms with Gasteiger partial charge in [0.1, 0.15) is 0 Å². The van der Waals surface area contributed by atoms with Crippen LogP contribution in [0.25, 0.3) is 0 Å². The van der Waals surface area contributed by atoms with Crippen LogP contribution in [0, 0.1) is 5.92 Å². The van der Waals surface area contributed by atoms with Gasteiger partial charge in [0.25, 0.3) is 0 Å². The van der Waals surface area contributed by atoms with Gasteiger partial charge in [-0.1, -0.05) is 18.9 Å². The lowest BCUT2D eigenvalue weighted by atomic mass is 10.1. The fourth-order valence-corrected chi connectivity index (χ4v) is 3.17. The highest BCUT2D eigenvalue weighted by Crippen LogP contribution is 2.24. The Labute approximate surface area is 101 Å². The minimum absolute atomic E-state index is 0.256. The number of carbonyl (C=O) groups excluding carboxylic acids is 1. The first-order valence-corrected chi connectivity index (χ1v) is 6.96. The Hall–Kier alpha value is -0.830. The number of rotatable bonds is 4. The number of amides is 1. The number of carbonyl (C=O) groups is 1. The van der Waals surface area contributed by atoms with E-state index in [2.05, 4.69) is 29.8 Å². The van der Waals surface area contributed by atoms with Crippen LogP contribution >= 0.6 is 11.3 Å². The SMILES string of the molecule is C[C@H](Cc1cccs1)NC(=O)C1CCCC1. The zero-order valence-electron chi connectivity index (χ0n) is 9.74. The van der Waals surface area contributed by atoms with Gasteiger partial charge in [-0.3, -0.25) is 4.79 Å². The number of hydrogen-bond acceptors (Lipinski definition) is 2. The van der Waals surface area contributed by atoms with E-state index in [1.165, 1.54) is 17.7 Å². The molecule has 1 atom stereocenters. The van der Waals surface area contributed by atoms with E-state index < -0.39 is 0 Å². The van der Waals surface area contributed by atoms with Crippen LogP contribution in [0.2, 0.25) is 0 Å². The van der Waals surface area contributed by atoms with Gasteiger partial charge < -0.3 is 5.32 Å². The van der Waals surface area contributed by atoms with Crippen LogP contribution in [0.3, 0.4) is 0 Å². The monoisotopic (exact) mass is 237 g/mol. The summed E-state index contributed by atoms with van der Waals surface area (Å²) in [7, 11) is 0. The first-order chi connectivity index (χ1) is 7.75. The molecule has 0 aromatic carbocycles. The first-order valence-electron chi connectivity index (χ1n) is 6.08. The minimum Gasteiger partial charge on any atom is -0.353 e. The summed E-state index contributed by atoms with van der Waals surface area (Å²) in [6.07, 6.45) is 5.56. The largest absolute Gasteiger partial charge is 0.353 e. The fraction of sp³-hybridized carbons (Fsp3) is 0.615. The Morgan fingerprint density at radius 2 is 2.31 bits per heavy atom. The highest BCUT2D eigenvalue weighted by atomic mass is 32.1. The van der Waals surface area contributed by atoms with Gasteiger partial charge in [-0.05, 0) is 31.2 Å². The van der Waals surface area contributed by atoms with Crippen molar-refractivity contribution >= 4 is 17.2 Å². The Morgan fingerprint density at radius 3 is 2.94 bits per heavy atom. The van der Waals surface area contributed by atoms with E-state index in [9.17, 15) is 4.79 Å². The first kappa shape index (κ1) is 11.6. The zero-order chi connectivity index (χ0) is 11.4. The number of hydrogen-bond donors (Lipinski definition) is 1. The molecule has 1 aliphatic rings. The minimum atomic E-state index is 0.256. The van der Waals surface area contributed by atoms with Gasteiger partial charge >= 0.3 is 0 Å². The summed E-state index contributed by atoms with van der Waals surface area (Å²) in [5.74, 6) is 0.548. The second-order valence-electron chi connectivity index (χ2n) is 4.67. The molecular formula is C13H19NOS. The summed E-state index contributed by atoms with van der Waals surface area (Å²) < 4.78 is 0. The molecule has 0 saturated heterocycles. The fourth-order valence-electron chi connectivity index (χ4n) is 2.33. The highest BCUT2D eigenvalue weighted by molar-refractivity contribution is 7.09. The summed E-state index contributed by atoms with van der Waals surface area (Å²) in [6, 6.07) is 4.45. The summed E-state index contributed by atoms with van der Waals surface area (Å²) in [5.41, 5.74) is 0. The molecule has 2 nitrogen and oxygen atoms in total. The maximum Gasteiger partial charge on any atom is 0.223 e. The highest BCUT2D eigenvalue weighted by Gasteiger charge is 2.23. The molecule has 1 saturated carbocycles. The second kappa shape index (κ2) is 5.48. The van der Waals surface area contributed by atoms with Gasteiger partial charge in [-0.2, -0.15) is 0 Å². The predicted octanol–water partition coefficient (Wildman–Crippen LogP) is 2.99. The van der Waals surface area contributed by atoms with Crippen molar-refractivity contribution in [2.24, 2.45) is 5.92 Å². The van der Waals surface area contributed by atoms with E-state index in [1.807, 2.05) is 0 Å². The topological polar surface area (TPSA) is 29.1 Å². The molecule has 1 aromatic rings. The van der Waals surface area contributed by atoms with Crippen molar-refractivity contribution in [3.8, 4) is 0 Å². The molecule has 1 heterocycles. The smallest absolute Gasteiger partial charge is 0.223 e. The molecule has 3 heteroatoms. The third kappa shape index (κ3) is 3.08. The molecule has 1 fully saturated rings. The standard InChI is InChI=1S/C13H19NOS/c1-10(9-12-7-4-8-16-12)14-13(15)11-5-2-3-6-11/h4,7-8,10-11H,2-3,5-6,9H2,1H3,(H,14,15)/t10-/m1/s1. The van der Waals surface area contributed by atoms with Crippen LogP contribution in [-0.2, 0) is 11.2 Å². The Kier molecular flexibility index (Phi) is 3.99. The predicted molar refractivity (Wildman–Crippen MR) is 67.6 cm³/mol. The van der Waals surface area contributed by atoms with Crippen LogP contribution < -0.4 is 5.32 Å². The molecule has 0 bridgehead atoms. The van der Waals surface area contributed by atoms with Crippen molar-refractivity contribution in [3.05, 3.63) is 22.4 Å². The summed E-state index contributed by atoms with van der Waals surface area (Å²) in [5, 5.41) is 5.21. The van der Waals surface area contributed by atoms with E-state index in [4.69, 9.17) is 0 Å². The molecule has 1 N–H and O–H groups in total. The lowest BCUT2D eigenvalue weighted by Crippen LogP contribution is -2.37. The molecule has 1 amide bonds. The number of thiophene rings is 1. The van der Waals surface area contributed by atoms with E-state index in [0.29, 0.717) is 0 Å². The lowest BCUT2D eigenvalue weighted by Gasteiger charge is -2.16. The summed E-state index contributed by atoms with van der Waals surface area (Å²) in [6.45, 7) is 2.09. The molecule has 2 rings (SSSR count). The molecule has 0 unspecified atom stereocenters. The van der Waals surface area contributed by atoms with Crippen LogP contribution in [0.15, 0.2) is 17.5 Å². The molecule has 88 valence electrons. The van der Waals surface area contributed by atoms with Crippen molar-refractivity contribution in [2.75, 3.05) is 0 Å². The van der Waals surface area contributed by atoms with E-state index in [1.54, 1.807) is 11.3 Å². The van der Waals surface area contributed by atoms with Crippen molar-refractivity contribution in [1.29, 1.82) is 0 Å². The van der Waals surface area contributed by atoms with Crippen molar-refractivity contribution < 1.29 is 4.79 Å². The average molecular weight is 237 g/mol. The Balaban J connectivity index is 1.78. The maximum atomic E-state index is 11.9. The Morgan fingerprint density at radius 1 is 1.56 bits per heavy atom. The van der Waals surface area contributed by atoms with Crippen LogP contribution in [-0.4, -0.2) is 11.9 Å². The van der Waals surface area contributed by atoms with Gasteiger partial charge in [0.05, 0.1) is 0 Å². The normalized spacial score (nSPS) is 18.6. The second-order valence-corrected chi connectivity index (χ2v) is 5.71. The van der Waals surface area contributed by atoms with Crippen molar-refractivity contribution in [2.45, 2.75) is 45.1 Å². The van der Waals surface area contributed by atoms with E-state index in [0.717, 1.165) is 19.3 Å². The van der Waals surface area contributed by atoms with Gasteiger partial charge in [0.15, 0.2) is 0 Å². The number of nitrogens with one attached hydrogen (secondary N) is 1. The molecular weight excluding hydrogens is 218 g/mol. The quantitative estimate of drug-likeness (QED) is 0.857. The van der Waals surface area contributed by atoms with Crippen LogP contribution in [0.5, 0.6) is 0 Å². The molecule has 0 spiro atoms. The Bertz CT molecular complexity index is 328. The van der Waals surface area contributed by atoms with Gasteiger partial charge in [0.2, 0.25) is 5.91 Å². The average Bonchev–Trinajstić information content (AvgIpc) is 2.88. The summed E-state index contributed by atoms with van der Waals surface area (Å²) >= 11 is 1.76. The third-order valence-corrected chi connectivity index (χ3v) is 4.10. The van der Waals surface area contributed by atoms with E-state index in [-0.39, 0.29) is 17.9 Å². The molecule has 1 aliphatic carbocycles. The third-order valence-electron chi connectivity index (χ3n) is 3.20. The zero-order valence-corrected chi connectivity index (χ0v) is 10.6. The molecule has 1 aromatic heterocycles. The van der Waals surface area contributed by atoms with E-state index >= 15 is 0 Å². The van der Waals surface area contributed by atoms with Gasteiger partial charge in [-0.25, -0.2) is 0 Å². The maximum absolute atomic E-state index is 11.9. The van der Waals surface area contributed by atoms with Crippen LogP contribution in [0.1, 0.15) is 37.5 Å². The molecule has 0 aliphatic heterocycles.